The predicted molar refractivity (Wildman–Crippen MR) is 123 cm³/mol. The number of methoxy groups -OCH3 is 1. The molecule has 33 heavy (non-hydrogen) atoms. The third-order valence-electron chi connectivity index (χ3n) is 5.37. The number of pyridine rings is 1. The average Bonchev–Trinajstić information content (AvgIpc) is 3.43. The number of aromatic nitrogens is 3. The number of hydrogen-bond donors (Lipinski definition) is 4. The first-order valence-electron chi connectivity index (χ1n) is 10.5. The maximum atomic E-state index is 12.9. The zero-order valence-electron chi connectivity index (χ0n) is 18.4. The highest BCUT2D eigenvalue weighted by Crippen LogP contribution is 2.38. The number of carbonyl (C=O) groups excluding carboxylic acids is 1. The first kappa shape index (κ1) is 22.7. The molecule has 2 atom stereocenters. The van der Waals surface area contributed by atoms with Gasteiger partial charge in [0.25, 0.3) is 0 Å². The molecule has 11 heteroatoms. The summed E-state index contributed by atoms with van der Waals surface area (Å²) in [6.07, 6.45) is 5.19. The van der Waals surface area contributed by atoms with Gasteiger partial charge in [-0.1, -0.05) is 12.1 Å². The Morgan fingerprint density at radius 3 is 2.91 bits per heavy atom. The van der Waals surface area contributed by atoms with Crippen molar-refractivity contribution in [3.05, 3.63) is 53.9 Å². The number of aryl methyl sites for hydroxylation is 1. The van der Waals surface area contributed by atoms with E-state index in [1.54, 1.807) is 19.2 Å². The number of benzene rings is 1. The van der Waals surface area contributed by atoms with Gasteiger partial charge >= 0.3 is 6.03 Å². The third-order valence-corrected chi connectivity index (χ3v) is 6.65. The number of anilines is 1. The summed E-state index contributed by atoms with van der Waals surface area (Å²) in [5.41, 5.74) is 4.39. The summed E-state index contributed by atoms with van der Waals surface area (Å²) in [4.78, 5) is 17.0. The van der Waals surface area contributed by atoms with Gasteiger partial charge in [0.15, 0.2) is 14.9 Å². The molecule has 2 amide bonds. The lowest BCUT2D eigenvalue weighted by Gasteiger charge is -2.17. The molecule has 1 aliphatic carbocycles. The molecule has 1 aromatic carbocycles. The van der Waals surface area contributed by atoms with Crippen molar-refractivity contribution in [1.29, 1.82) is 4.78 Å². The van der Waals surface area contributed by atoms with E-state index in [1.807, 2.05) is 12.1 Å². The van der Waals surface area contributed by atoms with Crippen LogP contribution in [0, 0.1) is 4.78 Å². The van der Waals surface area contributed by atoms with Crippen LogP contribution in [-0.4, -0.2) is 43.3 Å². The Morgan fingerprint density at radius 2 is 2.15 bits per heavy atom. The van der Waals surface area contributed by atoms with Crippen molar-refractivity contribution in [2.45, 2.75) is 43.9 Å². The third kappa shape index (κ3) is 4.99. The minimum Gasteiger partial charge on any atom is -0.481 e. The lowest BCUT2D eigenvalue weighted by molar-refractivity contribution is 0.168. The Labute approximate surface area is 192 Å². The van der Waals surface area contributed by atoms with Crippen LogP contribution in [0.3, 0.4) is 0 Å². The monoisotopic (exact) mass is 470 g/mol. The molecule has 0 aliphatic heterocycles. The number of ether oxygens (including phenoxy) is 1. The number of nitrogens with zero attached hydrogens (tertiary/aromatic N) is 3. The van der Waals surface area contributed by atoms with Gasteiger partial charge < -0.3 is 15.2 Å². The summed E-state index contributed by atoms with van der Waals surface area (Å²) in [6, 6.07) is 8.22. The van der Waals surface area contributed by atoms with Gasteiger partial charge in [0, 0.05) is 24.0 Å². The van der Waals surface area contributed by atoms with Gasteiger partial charge in [-0.15, -0.1) is 0 Å². The van der Waals surface area contributed by atoms with Crippen molar-refractivity contribution >= 4 is 21.6 Å². The molecule has 4 N–H and O–H groups in total. The van der Waals surface area contributed by atoms with Crippen LogP contribution in [0.25, 0.3) is 11.1 Å². The molecule has 174 valence electrons. The zero-order valence-corrected chi connectivity index (χ0v) is 19.2. The lowest BCUT2D eigenvalue weighted by atomic mass is 9.98. The van der Waals surface area contributed by atoms with E-state index in [4.69, 9.17) is 9.52 Å². The Kier molecular flexibility index (Phi) is 6.34. The van der Waals surface area contributed by atoms with Gasteiger partial charge in [-0.2, -0.15) is 5.10 Å². The summed E-state index contributed by atoms with van der Waals surface area (Å²) >= 11 is 0. The summed E-state index contributed by atoms with van der Waals surface area (Å²) in [5, 5.41) is 16.3. The van der Waals surface area contributed by atoms with E-state index in [0.717, 1.165) is 41.5 Å². The van der Waals surface area contributed by atoms with Crippen molar-refractivity contribution in [2.24, 2.45) is 0 Å². The maximum Gasteiger partial charge on any atom is 0.332 e. The number of rotatable bonds is 7. The van der Waals surface area contributed by atoms with Crippen molar-refractivity contribution in [3.63, 3.8) is 0 Å². The normalized spacial score (nSPS) is 15.4. The van der Waals surface area contributed by atoms with Gasteiger partial charge in [-0.05, 0) is 55.0 Å². The second-order valence-electron chi connectivity index (χ2n) is 7.90. The summed E-state index contributed by atoms with van der Waals surface area (Å²) < 4.78 is 29.9. The van der Waals surface area contributed by atoms with Crippen LogP contribution in [0.5, 0.6) is 5.88 Å². The van der Waals surface area contributed by atoms with E-state index in [2.05, 4.69) is 26.2 Å². The van der Waals surface area contributed by atoms with E-state index in [9.17, 15) is 14.1 Å². The van der Waals surface area contributed by atoms with Crippen LogP contribution in [0.2, 0.25) is 0 Å². The molecule has 2 unspecified atom stereocenters. The number of aliphatic hydroxyl groups is 1. The number of fused-ring (bicyclic) bond motifs is 1. The van der Waals surface area contributed by atoms with Crippen LogP contribution in [-0.2, 0) is 29.3 Å². The van der Waals surface area contributed by atoms with Crippen LogP contribution in [0.4, 0.5) is 10.5 Å². The van der Waals surface area contributed by atoms with E-state index in [1.165, 1.54) is 24.1 Å². The number of amides is 2. The van der Waals surface area contributed by atoms with Gasteiger partial charge in [0.1, 0.15) is 0 Å². The molecule has 0 saturated carbocycles. The number of aliphatic hydroxyl groups excluding tert-OH is 1. The molecule has 2 aromatic heterocycles. The van der Waals surface area contributed by atoms with Gasteiger partial charge in [-0.25, -0.2) is 23.5 Å². The quantitative estimate of drug-likeness (QED) is 0.418. The van der Waals surface area contributed by atoms with Gasteiger partial charge in [-0.3, -0.25) is 4.68 Å². The van der Waals surface area contributed by atoms with Crippen LogP contribution in [0.15, 0.2) is 47.8 Å². The second-order valence-corrected chi connectivity index (χ2v) is 9.64. The fourth-order valence-electron chi connectivity index (χ4n) is 3.93. The van der Waals surface area contributed by atoms with Crippen LogP contribution in [0.1, 0.15) is 24.5 Å². The molecule has 2 heterocycles. The Hall–Kier alpha value is -3.44. The van der Waals surface area contributed by atoms with E-state index >= 15 is 0 Å². The van der Waals surface area contributed by atoms with Crippen molar-refractivity contribution in [2.75, 3.05) is 12.4 Å². The van der Waals surface area contributed by atoms with Crippen LogP contribution >= 0.6 is 0 Å². The molecular formula is C22H26N6O4S. The molecule has 4 rings (SSSR count). The van der Waals surface area contributed by atoms with Crippen molar-refractivity contribution in [3.8, 4) is 17.0 Å². The molecule has 3 aromatic rings. The molecule has 0 spiro atoms. The smallest absolute Gasteiger partial charge is 0.332 e. The Bertz CT molecular complexity index is 1290. The summed E-state index contributed by atoms with van der Waals surface area (Å²) in [7, 11) is -2.17. The van der Waals surface area contributed by atoms with E-state index < -0.39 is 22.1 Å². The van der Waals surface area contributed by atoms with Crippen LogP contribution < -0.4 is 14.8 Å². The van der Waals surface area contributed by atoms with E-state index in [0.29, 0.717) is 11.6 Å². The summed E-state index contributed by atoms with van der Waals surface area (Å²) in [5.74, 6) is 0.449. The number of nitrogens with one attached hydrogen (secondary N) is 3. The highest BCUT2D eigenvalue weighted by atomic mass is 32.2. The summed E-state index contributed by atoms with van der Waals surface area (Å²) in [6.45, 7) is 1.79. The fraction of sp³-hybridized carbons (Fsp3) is 0.318. The largest absolute Gasteiger partial charge is 0.481 e. The van der Waals surface area contributed by atoms with Crippen molar-refractivity contribution < 1.29 is 18.8 Å². The highest BCUT2D eigenvalue weighted by Gasteiger charge is 2.23. The maximum absolute atomic E-state index is 12.9. The molecule has 0 saturated heterocycles. The highest BCUT2D eigenvalue weighted by molar-refractivity contribution is 7.91. The number of urea groups is 1. The van der Waals surface area contributed by atoms with E-state index in [-0.39, 0.29) is 11.6 Å². The number of carbonyl (C=O) groups is 1. The first-order valence-corrected chi connectivity index (χ1v) is 12.1. The molecular weight excluding hydrogens is 444 g/mol. The Balaban J connectivity index is 1.61. The minimum atomic E-state index is -3.70. The molecule has 0 radical (unpaired) electrons. The SMILES string of the molecule is COc1cc(-c2ccc3c(c2NC(=O)NS(=N)(=O)c2ccn(CC(C)O)n2)CCC3)ccn1. The molecule has 0 bridgehead atoms. The zero-order chi connectivity index (χ0) is 23.6. The minimum absolute atomic E-state index is 0.0873. The first-order chi connectivity index (χ1) is 15.8. The molecule has 10 nitrogen and oxygen atoms in total. The second kappa shape index (κ2) is 9.20. The standard InChI is InChI=1S/C22H26N6O4S/c1-14(29)13-28-11-9-20(26-28)33(23,31)27-22(30)25-21-17-5-3-4-15(17)6-7-18(21)16-8-10-24-19(12-16)32-2/h6-12,14,29H,3-5,13H2,1-2H3,(H3,23,25,27,30,31). The number of hydrogen-bond acceptors (Lipinski definition) is 7. The molecule has 0 fully saturated rings. The molecule has 1 aliphatic rings. The Morgan fingerprint density at radius 1 is 1.33 bits per heavy atom. The van der Waals surface area contributed by atoms with Gasteiger partial charge in [0.2, 0.25) is 5.88 Å². The lowest BCUT2D eigenvalue weighted by Crippen LogP contribution is -2.34. The topological polar surface area (TPSA) is 142 Å². The van der Waals surface area contributed by atoms with Gasteiger partial charge in [0.05, 0.1) is 25.4 Å². The average molecular weight is 471 g/mol. The predicted octanol–water partition coefficient (Wildman–Crippen LogP) is 2.97. The fourth-order valence-corrected chi connectivity index (χ4v) is 4.82. The van der Waals surface area contributed by atoms with Crippen molar-refractivity contribution in [1.82, 2.24) is 19.5 Å².